The molecule has 3 N–H and O–H groups in total. The molecule has 0 saturated heterocycles. The van der Waals surface area contributed by atoms with Crippen molar-refractivity contribution in [1.82, 2.24) is 5.32 Å². The minimum Gasteiger partial charge on any atom is -0.394 e. The smallest absolute Gasteiger partial charge is 0.0894 e. The summed E-state index contributed by atoms with van der Waals surface area (Å²) in [5.74, 6) is 0.902. The highest BCUT2D eigenvalue weighted by molar-refractivity contribution is 4.68. The molecule has 78 valence electrons. The number of hydrogen-bond acceptors (Lipinski definition) is 3. The second-order valence-electron chi connectivity index (χ2n) is 3.98. The fourth-order valence-electron chi connectivity index (χ4n) is 1.94. The average Bonchev–Trinajstić information content (AvgIpc) is 2.64. The van der Waals surface area contributed by atoms with Gasteiger partial charge in [-0.3, -0.25) is 0 Å². The second kappa shape index (κ2) is 6.35. The van der Waals surface area contributed by atoms with Crippen LogP contribution in [0.3, 0.4) is 0 Å². The third kappa shape index (κ3) is 4.60. The summed E-state index contributed by atoms with van der Waals surface area (Å²) < 4.78 is 0. The van der Waals surface area contributed by atoms with E-state index in [2.05, 4.69) is 5.32 Å². The standard InChI is InChI=1S/C10H21NO2/c12-8-10(13)7-11-6-5-9-3-1-2-4-9/h9-13H,1-8H2. The van der Waals surface area contributed by atoms with Crippen LogP contribution in [0.25, 0.3) is 0 Å². The summed E-state index contributed by atoms with van der Waals surface area (Å²) in [4.78, 5) is 0. The monoisotopic (exact) mass is 187 g/mol. The summed E-state index contributed by atoms with van der Waals surface area (Å²) in [6.45, 7) is 1.35. The molecular weight excluding hydrogens is 166 g/mol. The van der Waals surface area contributed by atoms with Crippen LogP contribution >= 0.6 is 0 Å². The Morgan fingerprint density at radius 1 is 1.31 bits per heavy atom. The minimum atomic E-state index is -0.594. The maximum absolute atomic E-state index is 9.04. The molecule has 1 saturated carbocycles. The Labute approximate surface area is 80.2 Å². The molecule has 0 aromatic rings. The van der Waals surface area contributed by atoms with Crippen LogP contribution in [0.2, 0.25) is 0 Å². The molecule has 0 aromatic heterocycles. The van der Waals surface area contributed by atoms with Gasteiger partial charge in [-0.05, 0) is 18.9 Å². The van der Waals surface area contributed by atoms with E-state index in [0.29, 0.717) is 6.54 Å². The lowest BCUT2D eigenvalue weighted by atomic mass is 10.0. The first-order valence-electron chi connectivity index (χ1n) is 5.32. The molecule has 0 spiro atoms. The van der Waals surface area contributed by atoms with Crippen molar-refractivity contribution in [3.63, 3.8) is 0 Å². The van der Waals surface area contributed by atoms with Crippen molar-refractivity contribution in [2.45, 2.75) is 38.2 Å². The van der Waals surface area contributed by atoms with E-state index in [1.54, 1.807) is 0 Å². The van der Waals surface area contributed by atoms with Crippen molar-refractivity contribution in [3.8, 4) is 0 Å². The number of aliphatic hydroxyl groups excluding tert-OH is 2. The van der Waals surface area contributed by atoms with Crippen LogP contribution in [0.15, 0.2) is 0 Å². The first-order chi connectivity index (χ1) is 6.33. The SMILES string of the molecule is OCC(O)CNCCC1CCCC1. The Balaban J connectivity index is 1.88. The van der Waals surface area contributed by atoms with E-state index in [-0.39, 0.29) is 6.61 Å². The molecule has 0 radical (unpaired) electrons. The van der Waals surface area contributed by atoms with Crippen molar-refractivity contribution in [3.05, 3.63) is 0 Å². The largest absolute Gasteiger partial charge is 0.394 e. The molecular formula is C10H21NO2. The van der Waals surface area contributed by atoms with Gasteiger partial charge < -0.3 is 15.5 Å². The summed E-state index contributed by atoms with van der Waals surface area (Å²) in [6, 6.07) is 0. The molecule has 1 atom stereocenters. The molecule has 1 unspecified atom stereocenters. The quantitative estimate of drug-likeness (QED) is 0.531. The summed E-state index contributed by atoms with van der Waals surface area (Å²) in [5.41, 5.74) is 0. The Morgan fingerprint density at radius 2 is 2.00 bits per heavy atom. The predicted molar refractivity (Wildman–Crippen MR) is 52.5 cm³/mol. The van der Waals surface area contributed by atoms with Crippen molar-refractivity contribution in [2.24, 2.45) is 5.92 Å². The van der Waals surface area contributed by atoms with Crippen LogP contribution in [0.4, 0.5) is 0 Å². The predicted octanol–water partition coefficient (Wildman–Crippen LogP) is 0.509. The van der Waals surface area contributed by atoms with Crippen LogP contribution in [0.5, 0.6) is 0 Å². The molecule has 13 heavy (non-hydrogen) atoms. The van der Waals surface area contributed by atoms with Crippen molar-refractivity contribution >= 4 is 0 Å². The summed E-state index contributed by atoms with van der Waals surface area (Å²) in [7, 11) is 0. The maximum atomic E-state index is 9.04. The van der Waals surface area contributed by atoms with Gasteiger partial charge in [-0.1, -0.05) is 25.7 Å². The van der Waals surface area contributed by atoms with Gasteiger partial charge in [0.1, 0.15) is 0 Å². The normalized spacial score (nSPS) is 20.8. The topological polar surface area (TPSA) is 52.5 Å². The molecule has 3 heteroatoms. The molecule has 1 aliphatic carbocycles. The van der Waals surface area contributed by atoms with E-state index in [9.17, 15) is 0 Å². The van der Waals surface area contributed by atoms with Gasteiger partial charge in [-0.2, -0.15) is 0 Å². The first kappa shape index (κ1) is 11.0. The number of nitrogens with one attached hydrogen (secondary N) is 1. The van der Waals surface area contributed by atoms with Gasteiger partial charge in [-0.15, -0.1) is 0 Å². The highest BCUT2D eigenvalue weighted by atomic mass is 16.3. The third-order valence-corrected chi connectivity index (χ3v) is 2.79. The molecule has 0 aliphatic heterocycles. The molecule has 0 heterocycles. The van der Waals surface area contributed by atoms with Crippen LogP contribution in [-0.2, 0) is 0 Å². The Bertz CT molecular complexity index is 124. The zero-order valence-corrected chi connectivity index (χ0v) is 8.21. The van der Waals surface area contributed by atoms with Crippen LogP contribution in [-0.4, -0.2) is 36.0 Å². The van der Waals surface area contributed by atoms with Crippen LogP contribution < -0.4 is 5.32 Å². The molecule has 1 aliphatic rings. The van der Waals surface area contributed by atoms with Crippen molar-refractivity contribution in [1.29, 1.82) is 0 Å². The lowest BCUT2D eigenvalue weighted by Crippen LogP contribution is -2.30. The zero-order chi connectivity index (χ0) is 9.52. The Kier molecular flexibility index (Phi) is 5.35. The summed E-state index contributed by atoms with van der Waals surface area (Å²) >= 11 is 0. The number of hydrogen-bond donors (Lipinski definition) is 3. The second-order valence-corrected chi connectivity index (χ2v) is 3.98. The summed E-state index contributed by atoms with van der Waals surface area (Å²) in [5, 5.41) is 20.7. The maximum Gasteiger partial charge on any atom is 0.0894 e. The molecule has 1 fully saturated rings. The van der Waals surface area contributed by atoms with Crippen molar-refractivity contribution in [2.75, 3.05) is 19.7 Å². The van der Waals surface area contributed by atoms with Gasteiger partial charge in [0, 0.05) is 6.54 Å². The van der Waals surface area contributed by atoms with Gasteiger partial charge in [0.25, 0.3) is 0 Å². The lowest BCUT2D eigenvalue weighted by Gasteiger charge is -2.11. The fraction of sp³-hybridized carbons (Fsp3) is 1.00. The molecule has 3 nitrogen and oxygen atoms in total. The van der Waals surface area contributed by atoms with Crippen LogP contribution in [0, 0.1) is 5.92 Å². The van der Waals surface area contributed by atoms with Gasteiger partial charge in [0.2, 0.25) is 0 Å². The molecule has 0 bridgehead atoms. The molecule has 0 amide bonds. The Hall–Kier alpha value is -0.120. The average molecular weight is 187 g/mol. The summed E-state index contributed by atoms with van der Waals surface area (Å²) in [6.07, 6.45) is 6.17. The van der Waals surface area contributed by atoms with Crippen molar-refractivity contribution < 1.29 is 10.2 Å². The first-order valence-corrected chi connectivity index (χ1v) is 5.32. The third-order valence-electron chi connectivity index (χ3n) is 2.79. The van der Waals surface area contributed by atoms with E-state index in [0.717, 1.165) is 12.5 Å². The highest BCUT2D eigenvalue weighted by Crippen LogP contribution is 2.26. The molecule has 0 aromatic carbocycles. The van der Waals surface area contributed by atoms with E-state index in [4.69, 9.17) is 10.2 Å². The Morgan fingerprint density at radius 3 is 2.62 bits per heavy atom. The van der Waals surface area contributed by atoms with Gasteiger partial charge >= 0.3 is 0 Å². The van der Waals surface area contributed by atoms with E-state index < -0.39 is 6.10 Å². The van der Waals surface area contributed by atoms with Gasteiger partial charge in [0.15, 0.2) is 0 Å². The fourth-order valence-corrected chi connectivity index (χ4v) is 1.94. The minimum absolute atomic E-state index is 0.142. The molecule has 1 rings (SSSR count). The van der Waals surface area contributed by atoms with E-state index >= 15 is 0 Å². The van der Waals surface area contributed by atoms with E-state index in [1.165, 1.54) is 32.1 Å². The van der Waals surface area contributed by atoms with Gasteiger partial charge in [0.05, 0.1) is 12.7 Å². The lowest BCUT2D eigenvalue weighted by molar-refractivity contribution is 0.0943. The van der Waals surface area contributed by atoms with Crippen LogP contribution in [0.1, 0.15) is 32.1 Å². The number of aliphatic hydroxyl groups is 2. The van der Waals surface area contributed by atoms with E-state index in [1.807, 2.05) is 0 Å². The van der Waals surface area contributed by atoms with Gasteiger partial charge in [-0.25, -0.2) is 0 Å². The zero-order valence-electron chi connectivity index (χ0n) is 8.21. The number of rotatable bonds is 6. The highest BCUT2D eigenvalue weighted by Gasteiger charge is 2.13.